The summed E-state index contributed by atoms with van der Waals surface area (Å²) in [6.07, 6.45) is -1.80. The van der Waals surface area contributed by atoms with E-state index in [1.807, 2.05) is 60.7 Å². The van der Waals surface area contributed by atoms with E-state index in [2.05, 4.69) is 10.3 Å². The molecule has 1 aromatic heterocycles. The Balaban J connectivity index is 0.909. The average molecular weight is 722 g/mol. The normalized spacial score (nSPS) is 20.4. The minimum Gasteiger partial charge on any atom is -0.473 e. The van der Waals surface area contributed by atoms with Crippen LogP contribution in [0.1, 0.15) is 80.1 Å². The predicted molar refractivity (Wildman–Crippen MR) is 189 cm³/mol. The molecule has 0 radical (unpaired) electrons. The smallest absolute Gasteiger partial charge is 0.416 e. The molecule has 4 aromatic carbocycles. The molecular formula is C42H35F4N3O4. The Morgan fingerprint density at radius 3 is 2.17 bits per heavy atom. The Morgan fingerprint density at radius 2 is 1.51 bits per heavy atom. The van der Waals surface area contributed by atoms with Crippen molar-refractivity contribution in [2.24, 2.45) is 5.41 Å². The van der Waals surface area contributed by atoms with E-state index in [0.717, 1.165) is 30.0 Å². The highest BCUT2D eigenvalue weighted by molar-refractivity contribution is 6.11. The number of aromatic nitrogens is 1. The third kappa shape index (κ3) is 7.07. The summed E-state index contributed by atoms with van der Waals surface area (Å²) in [6, 6.07) is 30.6. The fourth-order valence-electron chi connectivity index (χ4n) is 7.85. The molecule has 0 atom stereocenters. The monoisotopic (exact) mass is 721 g/mol. The third-order valence-electron chi connectivity index (χ3n) is 10.5. The molecule has 1 aliphatic heterocycles. The summed E-state index contributed by atoms with van der Waals surface area (Å²) >= 11 is 0. The fraction of sp³-hybridized carbons (Fsp3) is 0.262. The van der Waals surface area contributed by atoms with Crippen LogP contribution in [0, 0.1) is 11.2 Å². The lowest BCUT2D eigenvalue weighted by molar-refractivity contribution is -0.137. The standard InChI is InChI=1S/C42H35F4N3O4/c43-35-18-31(42(44,45)46)12-14-33(35)30-19-41(20-30)21-32(22-41)47-38(50)28-11-13-34-29(17-28)23-49(40(34)51)36-15-16-37(52-24-26-7-3-1-4-8-26)48-39(36)53-25-27-9-5-2-6-10-27/h1-18,30,32H,19-25H2,(H,47,50). The Labute approximate surface area is 303 Å². The number of benzene rings is 4. The minimum atomic E-state index is -4.59. The van der Waals surface area contributed by atoms with E-state index >= 15 is 0 Å². The number of hydrogen-bond donors (Lipinski definition) is 1. The Morgan fingerprint density at radius 1 is 0.830 bits per heavy atom. The maximum Gasteiger partial charge on any atom is 0.416 e. The Kier molecular flexibility index (Phi) is 8.88. The zero-order valence-corrected chi connectivity index (χ0v) is 28.5. The zero-order chi connectivity index (χ0) is 36.7. The number of fused-ring (bicyclic) bond motifs is 1. The van der Waals surface area contributed by atoms with Gasteiger partial charge in [-0.2, -0.15) is 18.2 Å². The summed E-state index contributed by atoms with van der Waals surface area (Å²) in [6.45, 7) is 0.768. The fourth-order valence-corrected chi connectivity index (χ4v) is 7.85. The zero-order valence-electron chi connectivity index (χ0n) is 28.5. The van der Waals surface area contributed by atoms with E-state index in [-0.39, 0.29) is 48.2 Å². The molecule has 2 saturated carbocycles. The van der Waals surface area contributed by atoms with Gasteiger partial charge in [-0.25, -0.2) is 4.39 Å². The number of pyridine rings is 1. The second-order valence-electron chi connectivity index (χ2n) is 14.2. The number of carbonyl (C=O) groups is 2. The molecule has 1 spiro atoms. The van der Waals surface area contributed by atoms with Gasteiger partial charge in [-0.15, -0.1) is 0 Å². The topological polar surface area (TPSA) is 80.8 Å². The minimum absolute atomic E-state index is 0.0426. The van der Waals surface area contributed by atoms with Crippen molar-refractivity contribution < 1.29 is 36.6 Å². The maximum atomic E-state index is 14.5. The first-order valence-electron chi connectivity index (χ1n) is 17.5. The second-order valence-corrected chi connectivity index (χ2v) is 14.2. The molecule has 2 aliphatic carbocycles. The van der Waals surface area contributed by atoms with Gasteiger partial charge >= 0.3 is 6.18 Å². The molecule has 270 valence electrons. The van der Waals surface area contributed by atoms with Gasteiger partial charge in [-0.1, -0.05) is 66.7 Å². The average Bonchev–Trinajstić information content (AvgIpc) is 3.45. The van der Waals surface area contributed by atoms with E-state index in [0.29, 0.717) is 59.3 Å². The van der Waals surface area contributed by atoms with Gasteiger partial charge in [0.1, 0.15) is 24.7 Å². The molecule has 2 fully saturated rings. The summed E-state index contributed by atoms with van der Waals surface area (Å²) in [7, 11) is 0. The largest absolute Gasteiger partial charge is 0.473 e. The van der Waals surface area contributed by atoms with E-state index < -0.39 is 17.6 Å². The lowest BCUT2D eigenvalue weighted by Gasteiger charge is -2.58. The van der Waals surface area contributed by atoms with E-state index in [1.165, 1.54) is 6.07 Å². The SMILES string of the molecule is O=C(NC1CC2(C1)CC(c1ccc(C(F)(F)F)cc1F)C2)c1ccc2c(c1)CN(c1ccc(OCc3ccccc3)nc1OCc1ccccc1)C2=O. The molecule has 0 saturated heterocycles. The van der Waals surface area contributed by atoms with Crippen molar-refractivity contribution in [1.82, 2.24) is 10.3 Å². The van der Waals surface area contributed by atoms with E-state index in [1.54, 1.807) is 35.2 Å². The highest BCUT2D eigenvalue weighted by atomic mass is 19.4. The van der Waals surface area contributed by atoms with Crippen molar-refractivity contribution in [3.8, 4) is 11.8 Å². The van der Waals surface area contributed by atoms with Gasteiger partial charge in [0.05, 0.1) is 12.1 Å². The van der Waals surface area contributed by atoms with Gasteiger partial charge in [-0.05, 0) is 95.7 Å². The molecule has 5 aromatic rings. The number of carbonyl (C=O) groups excluding carboxylic acids is 2. The number of halogens is 4. The molecule has 11 heteroatoms. The van der Waals surface area contributed by atoms with Crippen LogP contribution < -0.4 is 19.7 Å². The van der Waals surface area contributed by atoms with Crippen LogP contribution in [0.2, 0.25) is 0 Å². The number of rotatable bonds is 10. The Bertz CT molecular complexity index is 2160. The molecular weight excluding hydrogens is 686 g/mol. The van der Waals surface area contributed by atoms with Crippen molar-refractivity contribution in [2.45, 2.75) is 63.6 Å². The molecule has 0 bridgehead atoms. The number of ether oxygens (including phenoxy) is 2. The van der Waals surface area contributed by atoms with Crippen molar-refractivity contribution in [3.05, 3.63) is 154 Å². The first-order chi connectivity index (χ1) is 25.5. The third-order valence-corrected chi connectivity index (χ3v) is 10.5. The van der Waals surface area contributed by atoms with Crippen molar-refractivity contribution >= 4 is 17.5 Å². The molecule has 2 heterocycles. The number of alkyl halides is 3. The molecule has 53 heavy (non-hydrogen) atoms. The van der Waals surface area contributed by atoms with Gasteiger partial charge in [0, 0.05) is 23.2 Å². The summed E-state index contributed by atoms with van der Waals surface area (Å²) in [5.74, 6) is -0.849. The molecule has 2 amide bonds. The lowest BCUT2D eigenvalue weighted by atomic mass is 9.49. The summed E-state index contributed by atoms with van der Waals surface area (Å²) in [4.78, 5) is 33.2. The Hall–Kier alpha value is -5.71. The number of nitrogens with zero attached hydrogens (tertiary/aromatic N) is 2. The maximum absolute atomic E-state index is 14.5. The first-order valence-corrected chi connectivity index (χ1v) is 17.5. The molecule has 0 unspecified atom stereocenters. The lowest BCUT2D eigenvalue weighted by Crippen LogP contribution is -2.55. The van der Waals surface area contributed by atoms with Gasteiger partial charge in [0.25, 0.3) is 11.8 Å². The van der Waals surface area contributed by atoms with Crippen LogP contribution in [-0.2, 0) is 25.9 Å². The van der Waals surface area contributed by atoms with Crippen LogP contribution in [0.4, 0.5) is 23.2 Å². The van der Waals surface area contributed by atoms with Crippen LogP contribution in [0.15, 0.2) is 109 Å². The molecule has 7 nitrogen and oxygen atoms in total. The van der Waals surface area contributed by atoms with Crippen LogP contribution >= 0.6 is 0 Å². The summed E-state index contributed by atoms with van der Waals surface area (Å²) in [5, 5.41) is 3.08. The number of anilines is 1. The quantitative estimate of drug-likeness (QED) is 0.146. The molecule has 1 N–H and O–H groups in total. The van der Waals surface area contributed by atoms with Crippen molar-refractivity contribution in [2.75, 3.05) is 4.90 Å². The number of nitrogens with one attached hydrogen (secondary N) is 1. The van der Waals surface area contributed by atoms with Crippen molar-refractivity contribution in [3.63, 3.8) is 0 Å². The molecule has 8 rings (SSSR count). The van der Waals surface area contributed by atoms with Crippen molar-refractivity contribution in [1.29, 1.82) is 0 Å². The number of hydrogen-bond acceptors (Lipinski definition) is 5. The van der Waals surface area contributed by atoms with Gasteiger partial charge in [-0.3, -0.25) is 14.5 Å². The van der Waals surface area contributed by atoms with Crippen LogP contribution in [0.25, 0.3) is 0 Å². The van der Waals surface area contributed by atoms with Crippen LogP contribution in [-0.4, -0.2) is 22.8 Å². The highest BCUT2D eigenvalue weighted by Crippen LogP contribution is 2.62. The van der Waals surface area contributed by atoms with Crippen LogP contribution in [0.3, 0.4) is 0 Å². The van der Waals surface area contributed by atoms with Crippen LogP contribution in [0.5, 0.6) is 11.8 Å². The van der Waals surface area contributed by atoms with Gasteiger partial charge in [0.2, 0.25) is 11.8 Å². The van der Waals surface area contributed by atoms with E-state index in [4.69, 9.17) is 9.47 Å². The second kappa shape index (κ2) is 13.7. The number of amides is 2. The highest BCUT2D eigenvalue weighted by Gasteiger charge is 2.54. The molecule has 3 aliphatic rings. The first kappa shape index (κ1) is 34.4. The predicted octanol–water partition coefficient (Wildman–Crippen LogP) is 9.01. The summed E-state index contributed by atoms with van der Waals surface area (Å²) < 4.78 is 65.5. The van der Waals surface area contributed by atoms with E-state index in [9.17, 15) is 27.2 Å². The van der Waals surface area contributed by atoms with Gasteiger partial charge < -0.3 is 14.8 Å². The summed E-state index contributed by atoms with van der Waals surface area (Å²) in [5.41, 5.74) is 3.30. The van der Waals surface area contributed by atoms with Gasteiger partial charge in [0.15, 0.2) is 0 Å².